The molecule has 0 aromatic heterocycles. The number of carbonyl (C=O) groups is 3. The number of hydrogen-bond acceptors (Lipinski definition) is 5. The molecule has 2 aliphatic heterocycles. The van der Waals surface area contributed by atoms with E-state index in [0.717, 1.165) is 42.7 Å². The molecule has 8 nitrogen and oxygen atoms in total. The summed E-state index contributed by atoms with van der Waals surface area (Å²) < 4.78 is 0. The maximum Gasteiger partial charge on any atom is 0.313 e. The summed E-state index contributed by atoms with van der Waals surface area (Å²) in [6.45, 7) is 5.24. The number of aliphatic hydroxyl groups excluding tert-OH is 1. The number of benzene rings is 2. The van der Waals surface area contributed by atoms with E-state index in [4.69, 9.17) is 0 Å². The molecule has 3 amide bonds. The third kappa shape index (κ3) is 4.92. The minimum absolute atomic E-state index is 0.0364. The lowest BCUT2D eigenvalue weighted by molar-refractivity contribution is -0.136. The van der Waals surface area contributed by atoms with Gasteiger partial charge in [0.05, 0.1) is 6.10 Å². The SMILES string of the molecule is CC(C)C(=O)N1CCCc2ccc(NC(=O)C(=O)NCC(O)c3ccc4c(c3)CCN4C)cc21. The van der Waals surface area contributed by atoms with Crippen molar-refractivity contribution in [1.82, 2.24) is 5.32 Å². The van der Waals surface area contributed by atoms with E-state index in [2.05, 4.69) is 15.5 Å². The molecule has 8 heteroatoms. The summed E-state index contributed by atoms with van der Waals surface area (Å²) in [5, 5.41) is 15.6. The van der Waals surface area contributed by atoms with Crippen LogP contribution >= 0.6 is 0 Å². The van der Waals surface area contributed by atoms with Crippen molar-refractivity contribution in [2.45, 2.75) is 39.2 Å². The highest BCUT2D eigenvalue weighted by Crippen LogP contribution is 2.31. The molecule has 2 aromatic rings. The Kier molecular flexibility index (Phi) is 6.88. The predicted octanol–water partition coefficient (Wildman–Crippen LogP) is 2.40. The van der Waals surface area contributed by atoms with Gasteiger partial charge in [-0.25, -0.2) is 0 Å². The van der Waals surface area contributed by atoms with Gasteiger partial charge in [0, 0.05) is 49.7 Å². The lowest BCUT2D eigenvalue weighted by Crippen LogP contribution is -2.39. The molecule has 2 heterocycles. The molecule has 180 valence electrons. The van der Waals surface area contributed by atoms with E-state index < -0.39 is 17.9 Å². The quantitative estimate of drug-likeness (QED) is 0.590. The van der Waals surface area contributed by atoms with Crippen LogP contribution in [0.4, 0.5) is 17.1 Å². The van der Waals surface area contributed by atoms with Gasteiger partial charge in [-0.2, -0.15) is 0 Å². The maximum atomic E-state index is 12.6. The van der Waals surface area contributed by atoms with Crippen molar-refractivity contribution in [2.75, 3.05) is 41.8 Å². The minimum Gasteiger partial charge on any atom is -0.387 e. The largest absolute Gasteiger partial charge is 0.387 e. The number of fused-ring (bicyclic) bond motifs is 2. The highest BCUT2D eigenvalue weighted by atomic mass is 16.3. The van der Waals surface area contributed by atoms with Crippen molar-refractivity contribution < 1.29 is 19.5 Å². The van der Waals surface area contributed by atoms with Crippen LogP contribution in [0.5, 0.6) is 0 Å². The summed E-state index contributed by atoms with van der Waals surface area (Å²) in [5.74, 6) is -1.74. The number of aryl methyl sites for hydroxylation is 1. The second-order valence-electron chi connectivity index (χ2n) is 9.33. The molecule has 0 fully saturated rings. The number of hydrogen-bond donors (Lipinski definition) is 3. The smallest absolute Gasteiger partial charge is 0.313 e. The number of carbonyl (C=O) groups excluding carboxylic acids is 3. The zero-order valence-corrected chi connectivity index (χ0v) is 19.9. The average molecular weight is 465 g/mol. The molecule has 1 atom stereocenters. The summed E-state index contributed by atoms with van der Waals surface area (Å²) in [6.07, 6.45) is 1.76. The van der Waals surface area contributed by atoms with Crippen LogP contribution in [0.2, 0.25) is 0 Å². The fraction of sp³-hybridized carbons (Fsp3) is 0.423. The molecule has 0 aliphatic carbocycles. The van der Waals surface area contributed by atoms with Gasteiger partial charge in [-0.1, -0.05) is 32.0 Å². The van der Waals surface area contributed by atoms with E-state index in [1.807, 2.05) is 45.2 Å². The third-order valence-corrected chi connectivity index (χ3v) is 6.50. The molecule has 0 saturated heterocycles. The zero-order chi connectivity index (χ0) is 24.4. The first-order valence-corrected chi connectivity index (χ1v) is 11.8. The highest BCUT2D eigenvalue weighted by Gasteiger charge is 2.25. The number of likely N-dealkylation sites (N-methyl/N-ethyl adjacent to an activating group) is 1. The van der Waals surface area contributed by atoms with Gasteiger partial charge >= 0.3 is 11.8 Å². The van der Waals surface area contributed by atoms with E-state index in [1.54, 1.807) is 17.0 Å². The lowest BCUT2D eigenvalue weighted by Gasteiger charge is -2.31. The summed E-state index contributed by atoms with van der Waals surface area (Å²) >= 11 is 0. The summed E-state index contributed by atoms with van der Waals surface area (Å²) in [6, 6.07) is 11.1. The average Bonchev–Trinajstić information content (AvgIpc) is 3.21. The molecule has 0 radical (unpaired) electrons. The molecule has 2 aromatic carbocycles. The Labute approximate surface area is 199 Å². The monoisotopic (exact) mass is 464 g/mol. The van der Waals surface area contributed by atoms with Crippen molar-refractivity contribution in [1.29, 1.82) is 0 Å². The Morgan fingerprint density at radius 1 is 0.971 bits per heavy atom. The Morgan fingerprint density at radius 2 is 1.76 bits per heavy atom. The Balaban J connectivity index is 1.36. The fourth-order valence-electron chi connectivity index (χ4n) is 4.56. The molecule has 2 aliphatic rings. The van der Waals surface area contributed by atoms with Crippen molar-refractivity contribution in [3.63, 3.8) is 0 Å². The summed E-state index contributed by atoms with van der Waals surface area (Å²) in [7, 11) is 2.03. The molecular formula is C26H32N4O4. The Bertz CT molecular complexity index is 1110. The normalized spacial score (nSPS) is 15.6. The highest BCUT2D eigenvalue weighted by molar-refractivity contribution is 6.39. The number of amides is 3. The zero-order valence-electron chi connectivity index (χ0n) is 19.9. The summed E-state index contributed by atoms with van der Waals surface area (Å²) in [4.78, 5) is 41.3. The molecule has 3 N–H and O–H groups in total. The number of aliphatic hydroxyl groups is 1. The van der Waals surface area contributed by atoms with Gasteiger partial charge in [0.2, 0.25) is 5.91 Å². The van der Waals surface area contributed by atoms with Crippen LogP contribution in [0, 0.1) is 5.92 Å². The second kappa shape index (κ2) is 9.85. The van der Waals surface area contributed by atoms with E-state index in [9.17, 15) is 19.5 Å². The lowest BCUT2D eigenvalue weighted by atomic mass is 9.99. The summed E-state index contributed by atoms with van der Waals surface area (Å²) in [5.41, 5.74) is 5.30. The topological polar surface area (TPSA) is 102 Å². The first-order chi connectivity index (χ1) is 16.2. The van der Waals surface area contributed by atoms with Crippen LogP contribution in [-0.4, -0.2) is 49.5 Å². The van der Waals surface area contributed by atoms with Gasteiger partial charge < -0.3 is 25.5 Å². The van der Waals surface area contributed by atoms with E-state index >= 15 is 0 Å². The first kappa shape index (κ1) is 23.8. The molecule has 4 rings (SSSR count). The van der Waals surface area contributed by atoms with Crippen LogP contribution in [0.25, 0.3) is 0 Å². The molecule has 0 bridgehead atoms. The fourth-order valence-corrected chi connectivity index (χ4v) is 4.56. The number of nitrogens with one attached hydrogen (secondary N) is 2. The molecule has 34 heavy (non-hydrogen) atoms. The van der Waals surface area contributed by atoms with Gasteiger partial charge in [-0.3, -0.25) is 14.4 Å². The Hall–Kier alpha value is -3.39. The number of anilines is 3. The minimum atomic E-state index is -0.910. The van der Waals surface area contributed by atoms with E-state index in [-0.39, 0.29) is 18.4 Å². The van der Waals surface area contributed by atoms with Crippen LogP contribution < -0.4 is 20.4 Å². The maximum absolute atomic E-state index is 12.6. The van der Waals surface area contributed by atoms with E-state index in [0.29, 0.717) is 17.8 Å². The number of nitrogens with zero attached hydrogens (tertiary/aromatic N) is 2. The molecule has 1 unspecified atom stereocenters. The number of rotatable bonds is 5. The van der Waals surface area contributed by atoms with Crippen molar-refractivity contribution >= 4 is 34.8 Å². The third-order valence-electron chi connectivity index (χ3n) is 6.50. The van der Waals surface area contributed by atoms with Crippen LogP contribution in [-0.2, 0) is 27.2 Å². The van der Waals surface area contributed by atoms with Crippen molar-refractivity contribution in [2.24, 2.45) is 5.92 Å². The van der Waals surface area contributed by atoms with Crippen LogP contribution in [0.1, 0.15) is 43.1 Å². The molecular weight excluding hydrogens is 432 g/mol. The molecule has 0 saturated carbocycles. The van der Waals surface area contributed by atoms with Crippen molar-refractivity contribution in [3.05, 3.63) is 53.1 Å². The van der Waals surface area contributed by atoms with E-state index in [1.165, 1.54) is 5.56 Å². The predicted molar refractivity (Wildman–Crippen MR) is 132 cm³/mol. The molecule has 0 spiro atoms. The van der Waals surface area contributed by atoms with Gasteiger partial charge in [-0.05, 0) is 54.2 Å². The van der Waals surface area contributed by atoms with Gasteiger partial charge in [-0.15, -0.1) is 0 Å². The van der Waals surface area contributed by atoms with Gasteiger partial charge in [0.15, 0.2) is 0 Å². The first-order valence-electron chi connectivity index (χ1n) is 11.8. The van der Waals surface area contributed by atoms with Crippen LogP contribution in [0.3, 0.4) is 0 Å². The van der Waals surface area contributed by atoms with Gasteiger partial charge in [0.1, 0.15) is 0 Å². The Morgan fingerprint density at radius 3 is 2.53 bits per heavy atom. The second-order valence-corrected chi connectivity index (χ2v) is 9.33. The van der Waals surface area contributed by atoms with Gasteiger partial charge in [0.25, 0.3) is 0 Å². The standard InChI is InChI=1S/C26H32N4O4/c1-16(2)26(34)30-11-4-5-17-6-8-20(14-22(17)30)28-25(33)24(32)27-15-23(31)19-7-9-21-18(13-19)10-12-29(21)3/h6-9,13-14,16,23,31H,4-5,10-12,15H2,1-3H3,(H,27,32)(H,28,33). The van der Waals surface area contributed by atoms with Crippen molar-refractivity contribution in [3.8, 4) is 0 Å². The van der Waals surface area contributed by atoms with Crippen LogP contribution in [0.15, 0.2) is 36.4 Å².